The van der Waals surface area contributed by atoms with Gasteiger partial charge in [-0.25, -0.2) is 0 Å². The molecule has 110 valence electrons. The maximum Gasteiger partial charge on any atom is 0.287 e. The summed E-state index contributed by atoms with van der Waals surface area (Å²) in [6.45, 7) is 1.84. The second-order valence-corrected chi connectivity index (χ2v) is 4.99. The average Bonchev–Trinajstić information content (AvgIpc) is 2.90. The molecule has 0 saturated heterocycles. The van der Waals surface area contributed by atoms with Crippen LogP contribution in [0, 0.1) is 10.1 Å². The van der Waals surface area contributed by atoms with Crippen molar-refractivity contribution in [3.8, 4) is 0 Å². The number of carbonyl (C=O) groups is 1. The highest BCUT2D eigenvalue weighted by atomic mass is 35.5. The molecule has 1 aromatic carbocycles. The van der Waals surface area contributed by atoms with Gasteiger partial charge in [0.25, 0.3) is 11.6 Å². The van der Waals surface area contributed by atoms with Gasteiger partial charge in [-0.3, -0.25) is 14.9 Å². The molecule has 2 rings (SSSR count). The van der Waals surface area contributed by atoms with E-state index in [1.807, 2.05) is 13.0 Å². The molecule has 0 saturated carbocycles. The number of nitrogens with zero attached hydrogens (tertiary/aromatic N) is 1. The maximum atomic E-state index is 12.0. The predicted molar refractivity (Wildman–Crippen MR) is 77.4 cm³/mol. The van der Waals surface area contributed by atoms with E-state index in [1.165, 1.54) is 18.2 Å². The minimum Gasteiger partial charge on any atom is -0.469 e. The summed E-state index contributed by atoms with van der Waals surface area (Å²) in [4.78, 5) is 22.1. The van der Waals surface area contributed by atoms with Crippen LogP contribution in [0.3, 0.4) is 0 Å². The molecule has 2 aromatic rings. The number of hydrogen-bond acceptors (Lipinski definition) is 4. The van der Waals surface area contributed by atoms with E-state index in [0.29, 0.717) is 6.42 Å². The van der Waals surface area contributed by atoms with Gasteiger partial charge in [0.1, 0.15) is 10.8 Å². The fourth-order valence-corrected chi connectivity index (χ4v) is 2.13. The Morgan fingerprint density at radius 3 is 2.81 bits per heavy atom. The largest absolute Gasteiger partial charge is 0.469 e. The zero-order valence-electron chi connectivity index (χ0n) is 11.2. The molecule has 21 heavy (non-hydrogen) atoms. The number of carbonyl (C=O) groups excluding carboxylic acids is 1. The summed E-state index contributed by atoms with van der Waals surface area (Å²) in [7, 11) is 0. The normalized spacial score (nSPS) is 11.9. The minimum absolute atomic E-state index is 0.0636. The summed E-state index contributed by atoms with van der Waals surface area (Å²) < 4.78 is 5.21. The molecule has 0 radical (unpaired) electrons. The van der Waals surface area contributed by atoms with E-state index in [4.69, 9.17) is 16.0 Å². The lowest BCUT2D eigenvalue weighted by molar-refractivity contribution is -0.384. The minimum atomic E-state index is -0.594. The van der Waals surface area contributed by atoms with Gasteiger partial charge >= 0.3 is 0 Å². The molecular formula is C14H13ClN2O4. The van der Waals surface area contributed by atoms with Crippen LogP contribution in [-0.2, 0) is 6.42 Å². The second kappa shape index (κ2) is 6.41. The van der Waals surface area contributed by atoms with Gasteiger partial charge in [-0.2, -0.15) is 0 Å². The van der Waals surface area contributed by atoms with Crippen LogP contribution in [-0.4, -0.2) is 16.9 Å². The molecule has 1 amide bonds. The van der Waals surface area contributed by atoms with Crippen LogP contribution >= 0.6 is 11.6 Å². The van der Waals surface area contributed by atoms with Crippen LogP contribution in [0.4, 0.5) is 5.69 Å². The standard InChI is InChI=1S/C14H13ClN2O4/c1-9(7-11-3-2-6-21-11)16-14(18)10-4-5-13(17(19)20)12(15)8-10/h2-6,8-9H,7H2,1H3,(H,16,18). The molecule has 1 N–H and O–H groups in total. The van der Waals surface area contributed by atoms with E-state index < -0.39 is 4.92 Å². The van der Waals surface area contributed by atoms with Crippen LogP contribution in [0.5, 0.6) is 0 Å². The summed E-state index contributed by atoms with van der Waals surface area (Å²) in [6.07, 6.45) is 2.12. The highest BCUT2D eigenvalue weighted by Crippen LogP contribution is 2.24. The molecule has 7 heteroatoms. The average molecular weight is 309 g/mol. The Bertz CT molecular complexity index is 655. The van der Waals surface area contributed by atoms with E-state index in [0.717, 1.165) is 5.76 Å². The molecule has 1 heterocycles. The zero-order valence-corrected chi connectivity index (χ0v) is 12.0. The van der Waals surface area contributed by atoms with Crippen LogP contribution in [0.15, 0.2) is 41.0 Å². The number of nitro benzene ring substituents is 1. The molecule has 0 spiro atoms. The van der Waals surface area contributed by atoms with Gasteiger partial charge in [-0.1, -0.05) is 11.6 Å². The Morgan fingerprint density at radius 2 is 2.24 bits per heavy atom. The lowest BCUT2D eigenvalue weighted by atomic mass is 10.1. The van der Waals surface area contributed by atoms with Crippen molar-refractivity contribution in [3.63, 3.8) is 0 Å². The van der Waals surface area contributed by atoms with Gasteiger partial charge in [0.2, 0.25) is 0 Å². The Hall–Kier alpha value is -2.34. The van der Waals surface area contributed by atoms with Gasteiger partial charge in [-0.15, -0.1) is 0 Å². The van der Waals surface area contributed by atoms with Crippen LogP contribution in [0.1, 0.15) is 23.0 Å². The van der Waals surface area contributed by atoms with Gasteiger partial charge < -0.3 is 9.73 Å². The summed E-state index contributed by atoms with van der Waals surface area (Å²) >= 11 is 5.78. The molecule has 0 aliphatic carbocycles. The van der Waals surface area contributed by atoms with Crippen molar-refractivity contribution in [1.82, 2.24) is 5.32 Å². The van der Waals surface area contributed by atoms with E-state index in [1.54, 1.807) is 12.3 Å². The number of furan rings is 1. The molecule has 1 aromatic heterocycles. The van der Waals surface area contributed by atoms with Gasteiger partial charge in [0.15, 0.2) is 0 Å². The molecule has 0 aliphatic heterocycles. The van der Waals surface area contributed by atoms with Crippen molar-refractivity contribution < 1.29 is 14.1 Å². The number of hydrogen-bond donors (Lipinski definition) is 1. The number of amides is 1. The fourth-order valence-electron chi connectivity index (χ4n) is 1.88. The third-order valence-electron chi connectivity index (χ3n) is 2.87. The number of benzene rings is 1. The quantitative estimate of drug-likeness (QED) is 0.679. The third kappa shape index (κ3) is 3.82. The Balaban J connectivity index is 2.03. The Labute approximate surface area is 125 Å². The van der Waals surface area contributed by atoms with E-state index in [-0.39, 0.29) is 28.2 Å². The predicted octanol–water partition coefficient (Wildman–Crippen LogP) is 3.20. The van der Waals surface area contributed by atoms with Crippen LogP contribution < -0.4 is 5.32 Å². The van der Waals surface area contributed by atoms with Gasteiger partial charge in [0, 0.05) is 24.1 Å². The fraction of sp³-hybridized carbons (Fsp3) is 0.214. The summed E-state index contributed by atoms with van der Waals surface area (Å²) in [5, 5.41) is 13.4. The molecule has 0 fully saturated rings. The topological polar surface area (TPSA) is 85.4 Å². The van der Waals surface area contributed by atoms with Crippen molar-refractivity contribution in [2.24, 2.45) is 0 Å². The molecule has 1 unspecified atom stereocenters. The van der Waals surface area contributed by atoms with Gasteiger partial charge in [0.05, 0.1) is 11.2 Å². The summed E-state index contributed by atoms with van der Waals surface area (Å²) in [5.41, 5.74) is 0.0498. The number of nitro groups is 1. The number of nitrogens with one attached hydrogen (secondary N) is 1. The van der Waals surface area contributed by atoms with Crippen molar-refractivity contribution in [1.29, 1.82) is 0 Å². The SMILES string of the molecule is CC(Cc1ccco1)NC(=O)c1ccc([N+](=O)[O-])c(Cl)c1. The van der Waals surface area contributed by atoms with Crippen molar-refractivity contribution in [2.45, 2.75) is 19.4 Å². The third-order valence-corrected chi connectivity index (χ3v) is 3.17. The second-order valence-electron chi connectivity index (χ2n) is 4.58. The Morgan fingerprint density at radius 1 is 1.48 bits per heavy atom. The first-order valence-corrected chi connectivity index (χ1v) is 6.62. The smallest absolute Gasteiger partial charge is 0.287 e. The van der Waals surface area contributed by atoms with E-state index in [2.05, 4.69) is 5.32 Å². The van der Waals surface area contributed by atoms with E-state index >= 15 is 0 Å². The monoisotopic (exact) mass is 308 g/mol. The van der Waals surface area contributed by atoms with E-state index in [9.17, 15) is 14.9 Å². The summed E-state index contributed by atoms with van der Waals surface area (Å²) in [6, 6.07) is 7.34. The molecular weight excluding hydrogens is 296 g/mol. The Kier molecular flexibility index (Phi) is 4.59. The molecule has 6 nitrogen and oxygen atoms in total. The molecule has 0 aliphatic rings. The number of halogens is 1. The summed E-state index contributed by atoms with van der Waals surface area (Å²) in [5.74, 6) is 0.426. The maximum absolute atomic E-state index is 12.0. The van der Waals surface area contributed by atoms with Gasteiger partial charge in [-0.05, 0) is 31.2 Å². The zero-order chi connectivity index (χ0) is 15.4. The first-order valence-electron chi connectivity index (χ1n) is 6.24. The lowest BCUT2D eigenvalue weighted by Gasteiger charge is -2.12. The van der Waals surface area contributed by atoms with Crippen molar-refractivity contribution in [2.75, 3.05) is 0 Å². The molecule has 0 bridgehead atoms. The van der Waals surface area contributed by atoms with Crippen molar-refractivity contribution in [3.05, 3.63) is 63.1 Å². The highest BCUT2D eigenvalue weighted by molar-refractivity contribution is 6.33. The molecule has 1 atom stereocenters. The van der Waals surface area contributed by atoms with Crippen molar-refractivity contribution >= 4 is 23.2 Å². The lowest BCUT2D eigenvalue weighted by Crippen LogP contribution is -2.34. The highest BCUT2D eigenvalue weighted by Gasteiger charge is 2.16. The first kappa shape index (κ1) is 15.1. The van der Waals surface area contributed by atoms with Crippen LogP contribution in [0.2, 0.25) is 5.02 Å². The first-order chi connectivity index (χ1) is 9.97. The van der Waals surface area contributed by atoms with Crippen LogP contribution in [0.25, 0.3) is 0 Å². The number of rotatable bonds is 5.